The Hall–Kier alpha value is -2.73. The number of carbonyl (C=O) groups excluding carboxylic acids is 2. The highest BCUT2D eigenvalue weighted by Gasteiger charge is 2.31. The maximum Gasteiger partial charge on any atom is 0.262 e. The molecule has 0 spiro atoms. The number of carbonyl (C=O) groups is 2. The molecule has 0 fully saturated rings. The minimum absolute atomic E-state index is 0.101. The van der Waals surface area contributed by atoms with Gasteiger partial charge in [0.05, 0.1) is 18.8 Å². The van der Waals surface area contributed by atoms with Crippen molar-refractivity contribution in [2.75, 3.05) is 31.1 Å². The van der Waals surface area contributed by atoms with E-state index in [-0.39, 0.29) is 18.4 Å². The van der Waals surface area contributed by atoms with E-state index in [2.05, 4.69) is 10.6 Å². The van der Waals surface area contributed by atoms with Crippen LogP contribution < -0.4 is 20.3 Å². The standard InChI is InChI=1S/C22H26ClN3O3/c1-2-11-25-22(28)20-14-26(18-8-3-4-9-19(18)29-20)15-21(27)24-12-10-16-6-5-7-17(23)13-16/h3-9,13,20H,2,10-12,14-15H2,1H3,(H,24,27)(H,25,28)/t20-/m1/s1. The van der Waals surface area contributed by atoms with Gasteiger partial charge in [0, 0.05) is 18.1 Å². The highest BCUT2D eigenvalue weighted by molar-refractivity contribution is 6.30. The molecule has 0 saturated heterocycles. The molecule has 1 aliphatic rings. The first-order chi connectivity index (χ1) is 14.1. The van der Waals surface area contributed by atoms with Crippen molar-refractivity contribution in [2.45, 2.75) is 25.9 Å². The maximum atomic E-state index is 12.5. The number of para-hydroxylation sites is 2. The van der Waals surface area contributed by atoms with Crippen LogP contribution in [0.1, 0.15) is 18.9 Å². The number of rotatable bonds is 8. The Balaban J connectivity index is 1.59. The van der Waals surface area contributed by atoms with Gasteiger partial charge in [-0.25, -0.2) is 0 Å². The van der Waals surface area contributed by atoms with E-state index >= 15 is 0 Å². The molecule has 2 aromatic rings. The minimum atomic E-state index is -0.643. The lowest BCUT2D eigenvalue weighted by Crippen LogP contribution is -2.51. The molecule has 1 heterocycles. The van der Waals surface area contributed by atoms with Crippen molar-refractivity contribution in [1.82, 2.24) is 10.6 Å². The van der Waals surface area contributed by atoms with Crippen LogP contribution in [0.5, 0.6) is 5.75 Å². The van der Waals surface area contributed by atoms with Gasteiger partial charge in [-0.05, 0) is 42.7 Å². The van der Waals surface area contributed by atoms with E-state index in [0.29, 0.717) is 36.8 Å². The smallest absolute Gasteiger partial charge is 0.262 e. The second-order valence-electron chi connectivity index (χ2n) is 6.98. The fourth-order valence-electron chi connectivity index (χ4n) is 3.22. The van der Waals surface area contributed by atoms with Crippen molar-refractivity contribution < 1.29 is 14.3 Å². The van der Waals surface area contributed by atoms with E-state index in [1.807, 2.05) is 60.4 Å². The van der Waals surface area contributed by atoms with Gasteiger partial charge in [-0.1, -0.05) is 42.8 Å². The summed E-state index contributed by atoms with van der Waals surface area (Å²) in [6.45, 7) is 3.61. The molecule has 7 heteroatoms. The van der Waals surface area contributed by atoms with Crippen LogP contribution in [-0.4, -0.2) is 44.1 Å². The van der Waals surface area contributed by atoms with Gasteiger partial charge in [-0.15, -0.1) is 0 Å². The molecule has 2 N–H and O–H groups in total. The van der Waals surface area contributed by atoms with Gasteiger partial charge in [0.1, 0.15) is 5.75 Å². The van der Waals surface area contributed by atoms with Gasteiger partial charge in [-0.3, -0.25) is 9.59 Å². The maximum absolute atomic E-state index is 12.5. The Morgan fingerprint density at radius 1 is 1.14 bits per heavy atom. The Kier molecular flexibility index (Phi) is 7.36. The predicted molar refractivity (Wildman–Crippen MR) is 115 cm³/mol. The first kappa shape index (κ1) is 21.0. The zero-order chi connectivity index (χ0) is 20.6. The van der Waals surface area contributed by atoms with E-state index in [1.54, 1.807) is 0 Å². The normalized spacial score (nSPS) is 15.2. The Labute approximate surface area is 176 Å². The number of anilines is 1. The number of halogens is 1. The molecule has 0 saturated carbocycles. The van der Waals surface area contributed by atoms with Crippen molar-refractivity contribution in [3.05, 3.63) is 59.1 Å². The largest absolute Gasteiger partial charge is 0.477 e. The van der Waals surface area contributed by atoms with Crippen LogP contribution >= 0.6 is 11.6 Å². The van der Waals surface area contributed by atoms with Gasteiger partial charge in [0.25, 0.3) is 5.91 Å². The first-order valence-electron chi connectivity index (χ1n) is 9.86. The fraction of sp³-hybridized carbons (Fsp3) is 0.364. The lowest BCUT2D eigenvalue weighted by atomic mass is 10.1. The fourth-order valence-corrected chi connectivity index (χ4v) is 3.44. The van der Waals surface area contributed by atoms with E-state index in [4.69, 9.17) is 16.3 Å². The summed E-state index contributed by atoms with van der Waals surface area (Å²) in [6.07, 6.45) is 0.915. The van der Waals surface area contributed by atoms with Crippen LogP contribution in [0.25, 0.3) is 0 Å². The summed E-state index contributed by atoms with van der Waals surface area (Å²) in [6, 6.07) is 15.1. The summed E-state index contributed by atoms with van der Waals surface area (Å²) in [4.78, 5) is 26.8. The molecule has 1 aliphatic heterocycles. The molecule has 0 unspecified atom stereocenters. The van der Waals surface area contributed by atoms with Crippen molar-refractivity contribution in [3.63, 3.8) is 0 Å². The minimum Gasteiger partial charge on any atom is -0.477 e. The third-order valence-electron chi connectivity index (χ3n) is 4.66. The van der Waals surface area contributed by atoms with Crippen LogP contribution in [0.3, 0.4) is 0 Å². The average Bonchev–Trinajstić information content (AvgIpc) is 2.72. The topological polar surface area (TPSA) is 70.7 Å². The van der Waals surface area contributed by atoms with Gasteiger partial charge in [0.15, 0.2) is 6.10 Å². The molecule has 0 bridgehead atoms. The number of ether oxygens (including phenoxy) is 1. The number of nitrogens with one attached hydrogen (secondary N) is 2. The summed E-state index contributed by atoms with van der Waals surface area (Å²) in [5.74, 6) is 0.353. The number of nitrogens with zero attached hydrogens (tertiary/aromatic N) is 1. The molecule has 154 valence electrons. The second kappa shape index (κ2) is 10.2. The number of fused-ring (bicyclic) bond motifs is 1. The average molecular weight is 416 g/mol. The molecule has 29 heavy (non-hydrogen) atoms. The number of benzene rings is 2. The lowest BCUT2D eigenvalue weighted by Gasteiger charge is -2.35. The van der Waals surface area contributed by atoms with Crippen molar-refractivity contribution in [2.24, 2.45) is 0 Å². The molecule has 2 amide bonds. The van der Waals surface area contributed by atoms with Gasteiger partial charge < -0.3 is 20.3 Å². The van der Waals surface area contributed by atoms with Gasteiger partial charge >= 0.3 is 0 Å². The molecule has 0 aromatic heterocycles. The molecular formula is C22H26ClN3O3. The molecule has 6 nitrogen and oxygen atoms in total. The molecular weight excluding hydrogens is 390 g/mol. The number of amides is 2. The van der Waals surface area contributed by atoms with E-state index < -0.39 is 6.10 Å². The van der Waals surface area contributed by atoms with Gasteiger partial charge in [0.2, 0.25) is 5.91 Å². The molecule has 0 aliphatic carbocycles. The summed E-state index contributed by atoms with van der Waals surface area (Å²) >= 11 is 6.00. The van der Waals surface area contributed by atoms with E-state index in [1.165, 1.54) is 0 Å². The first-order valence-corrected chi connectivity index (χ1v) is 10.2. The highest BCUT2D eigenvalue weighted by Crippen LogP contribution is 2.32. The highest BCUT2D eigenvalue weighted by atomic mass is 35.5. The molecule has 0 radical (unpaired) electrons. The SMILES string of the molecule is CCCNC(=O)[C@H]1CN(CC(=O)NCCc2cccc(Cl)c2)c2ccccc2O1. The van der Waals surface area contributed by atoms with Crippen LogP contribution in [0.2, 0.25) is 5.02 Å². The summed E-state index contributed by atoms with van der Waals surface area (Å²) in [5.41, 5.74) is 1.89. The van der Waals surface area contributed by atoms with Crippen LogP contribution in [-0.2, 0) is 16.0 Å². The lowest BCUT2D eigenvalue weighted by molar-refractivity contribution is -0.128. The zero-order valence-electron chi connectivity index (χ0n) is 16.5. The Morgan fingerprint density at radius 3 is 2.76 bits per heavy atom. The number of hydrogen-bond donors (Lipinski definition) is 2. The van der Waals surface area contributed by atoms with Crippen LogP contribution in [0, 0.1) is 0 Å². The summed E-state index contributed by atoms with van der Waals surface area (Å²) in [5, 5.41) is 6.49. The van der Waals surface area contributed by atoms with Crippen molar-refractivity contribution in [3.8, 4) is 5.75 Å². The zero-order valence-corrected chi connectivity index (χ0v) is 17.2. The Bertz CT molecular complexity index is 859. The quantitative estimate of drug-likeness (QED) is 0.695. The third-order valence-corrected chi connectivity index (χ3v) is 4.90. The number of hydrogen-bond acceptors (Lipinski definition) is 4. The van der Waals surface area contributed by atoms with Crippen LogP contribution in [0.15, 0.2) is 48.5 Å². The molecule has 2 aromatic carbocycles. The van der Waals surface area contributed by atoms with Crippen molar-refractivity contribution >= 4 is 29.1 Å². The Morgan fingerprint density at radius 2 is 1.97 bits per heavy atom. The molecule has 3 rings (SSSR count). The van der Waals surface area contributed by atoms with Crippen molar-refractivity contribution in [1.29, 1.82) is 0 Å². The summed E-state index contributed by atoms with van der Waals surface area (Å²) < 4.78 is 5.85. The molecule has 1 atom stereocenters. The monoisotopic (exact) mass is 415 g/mol. The second-order valence-corrected chi connectivity index (χ2v) is 7.41. The van der Waals surface area contributed by atoms with Gasteiger partial charge in [-0.2, -0.15) is 0 Å². The summed E-state index contributed by atoms with van der Waals surface area (Å²) in [7, 11) is 0. The van der Waals surface area contributed by atoms with E-state index in [0.717, 1.165) is 17.7 Å². The third kappa shape index (κ3) is 5.87. The van der Waals surface area contributed by atoms with Crippen LogP contribution in [0.4, 0.5) is 5.69 Å². The van der Waals surface area contributed by atoms with E-state index in [9.17, 15) is 9.59 Å². The predicted octanol–water partition coefficient (Wildman–Crippen LogP) is 2.79.